The number of carbonyl (C=O) groups is 3. The van der Waals surface area contributed by atoms with Gasteiger partial charge in [0.05, 0.1) is 25.2 Å². The zero-order valence-corrected chi connectivity index (χ0v) is 12.8. The molecule has 0 saturated heterocycles. The van der Waals surface area contributed by atoms with Crippen molar-refractivity contribution in [3.05, 3.63) is 41.6 Å². The highest BCUT2D eigenvalue weighted by Crippen LogP contribution is 2.34. The van der Waals surface area contributed by atoms with Crippen LogP contribution in [0.4, 0.5) is 5.69 Å². The second kappa shape index (κ2) is 7.27. The van der Waals surface area contributed by atoms with Gasteiger partial charge in [-0.25, -0.2) is 4.79 Å². The van der Waals surface area contributed by atoms with E-state index in [1.165, 1.54) is 19.5 Å². The summed E-state index contributed by atoms with van der Waals surface area (Å²) >= 11 is 1.14. The van der Waals surface area contributed by atoms with Crippen molar-refractivity contribution in [2.45, 2.75) is 0 Å². The van der Waals surface area contributed by atoms with Crippen LogP contribution in [0, 0.1) is 0 Å². The molecule has 2 aromatic heterocycles. The summed E-state index contributed by atoms with van der Waals surface area (Å²) < 4.78 is 4.71. The average molecular weight is 332 g/mol. The Bertz CT molecular complexity index is 770. The van der Waals surface area contributed by atoms with Crippen LogP contribution in [0.25, 0.3) is 10.4 Å². The van der Waals surface area contributed by atoms with Crippen LogP contribution in [0.2, 0.25) is 0 Å². The SMILES string of the molecule is COC(=O)c1sc(-c2ccnnc2)cc1NC(=O)/C=C\C(N)=O. The van der Waals surface area contributed by atoms with Gasteiger partial charge in [-0.3, -0.25) is 9.59 Å². The van der Waals surface area contributed by atoms with Gasteiger partial charge < -0.3 is 15.8 Å². The number of hydrogen-bond donors (Lipinski definition) is 2. The summed E-state index contributed by atoms with van der Waals surface area (Å²) in [7, 11) is 1.24. The summed E-state index contributed by atoms with van der Waals surface area (Å²) in [5.74, 6) is -1.93. The van der Waals surface area contributed by atoms with E-state index >= 15 is 0 Å². The molecule has 0 radical (unpaired) electrons. The van der Waals surface area contributed by atoms with E-state index in [-0.39, 0.29) is 10.6 Å². The van der Waals surface area contributed by atoms with Gasteiger partial charge in [0.25, 0.3) is 0 Å². The fraction of sp³-hybridized carbons (Fsp3) is 0.0714. The molecular weight excluding hydrogens is 320 g/mol. The number of aromatic nitrogens is 2. The Morgan fingerprint density at radius 3 is 2.70 bits per heavy atom. The Morgan fingerprint density at radius 1 is 1.30 bits per heavy atom. The maximum absolute atomic E-state index is 11.8. The molecule has 0 spiro atoms. The number of esters is 1. The van der Waals surface area contributed by atoms with Gasteiger partial charge >= 0.3 is 5.97 Å². The Kier molecular flexibility index (Phi) is 5.15. The fourth-order valence-electron chi connectivity index (χ4n) is 1.64. The molecule has 23 heavy (non-hydrogen) atoms. The van der Waals surface area contributed by atoms with Crippen molar-refractivity contribution in [1.29, 1.82) is 0 Å². The highest BCUT2D eigenvalue weighted by Gasteiger charge is 2.19. The van der Waals surface area contributed by atoms with Crippen LogP contribution in [-0.4, -0.2) is 35.1 Å². The van der Waals surface area contributed by atoms with Gasteiger partial charge in [0.15, 0.2) is 0 Å². The number of hydrogen-bond acceptors (Lipinski definition) is 7. The molecule has 118 valence electrons. The number of nitrogens with one attached hydrogen (secondary N) is 1. The molecule has 0 aliphatic rings. The highest BCUT2D eigenvalue weighted by molar-refractivity contribution is 7.18. The lowest BCUT2D eigenvalue weighted by Crippen LogP contribution is -2.13. The molecule has 2 aromatic rings. The topological polar surface area (TPSA) is 124 Å². The number of primary amides is 1. The molecule has 9 heteroatoms. The van der Waals surface area contributed by atoms with Crippen molar-refractivity contribution in [3.63, 3.8) is 0 Å². The second-order valence-electron chi connectivity index (χ2n) is 4.20. The smallest absolute Gasteiger partial charge is 0.350 e. The number of methoxy groups -OCH3 is 1. The van der Waals surface area contributed by atoms with E-state index in [2.05, 4.69) is 15.5 Å². The van der Waals surface area contributed by atoms with E-state index in [4.69, 9.17) is 10.5 Å². The zero-order valence-electron chi connectivity index (χ0n) is 12.0. The first-order chi connectivity index (χ1) is 11.0. The number of ether oxygens (including phenoxy) is 1. The minimum atomic E-state index is -0.748. The van der Waals surface area contributed by atoms with Crippen LogP contribution >= 0.6 is 11.3 Å². The van der Waals surface area contributed by atoms with E-state index in [0.717, 1.165) is 29.1 Å². The molecule has 0 aliphatic heterocycles. The lowest BCUT2D eigenvalue weighted by molar-refractivity contribution is -0.115. The van der Waals surface area contributed by atoms with E-state index < -0.39 is 17.8 Å². The first kappa shape index (κ1) is 16.3. The molecule has 0 atom stereocenters. The Labute approximate surface area is 135 Å². The molecule has 8 nitrogen and oxygen atoms in total. The summed E-state index contributed by atoms with van der Waals surface area (Å²) in [5, 5.41) is 9.96. The number of nitrogens with two attached hydrogens (primary N) is 1. The van der Waals surface area contributed by atoms with Gasteiger partial charge in [-0.2, -0.15) is 10.2 Å². The van der Waals surface area contributed by atoms with E-state index in [9.17, 15) is 14.4 Å². The maximum atomic E-state index is 11.8. The molecule has 0 fully saturated rings. The summed E-state index contributed by atoms with van der Waals surface area (Å²) in [6.45, 7) is 0. The molecule has 0 unspecified atom stereocenters. The molecule has 0 saturated carbocycles. The standard InChI is InChI=1S/C14H12N4O4S/c1-22-14(21)13-9(18-12(20)3-2-11(15)19)6-10(23-13)8-4-5-16-17-7-8/h2-7H,1H3,(H2,15,19)(H,18,20)/b3-2-. The molecule has 3 N–H and O–H groups in total. The lowest BCUT2D eigenvalue weighted by atomic mass is 10.2. The second-order valence-corrected chi connectivity index (χ2v) is 5.25. The van der Waals surface area contributed by atoms with E-state index in [1.54, 1.807) is 12.1 Å². The number of nitrogens with zero attached hydrogens (tertiary/aromatic N) is 2. The van der Waals surface area contributed by atoms with Crippen LogP contribution in [-0.2, 0) is 14.3 Å². The summed E-state index contributed by atoms with van der Waals surface area (Å²) in [5.41, 5.74) is 5.93. The van der Waals surface area contributed by atoms with E-state index in [1.807, 2.05) is 0 Å². The summed E-state index contributed by atoms with van der Waals surface area (Å²) in [6.07, 6.45) is 4.95. The zero-order chi connectivity index (χ0) is 16.8. The molecule has 2 amide bonds. The van der Waals surface area contributed by atoms with Crippen molar-refractivity contribution in [2.24, 2.45) is 5.73 Å². The van der Waals surface area contributed by atoms with Crippen LogP contribution in [0.15, 0.2) is 36.7 Å². The third-order valence-corrected chi connectivity index (χ3v) is 3.79. The van der Waals surface area contributed by atoms with Crippen LogP contribution in [0.3, 0.4) is 0 Å². The third kappa shape index (κ3) is 4.20. The van der Waals surface area contributed by atoms with Crippen molar-refractivity contribution >= 4 is 34.8 Å². The molecular formula is C14H12N4O4S. The Balaban J connectivity index is 2.33. The Morgan fingerprint density at radius 2 is 2.09 bits per heavy atom. The van der Waals surface area contributed by atoms with Gasteiger partial charge in [-0.15, -0.1) is 11.3 Å². The normalized spacial score (nSPS) is 10.5. The quantitative estimate of drug-likeness (QED) is 0.621. The largest absolute Gasteiger partial charge is 0.465 e. The van der Waals surface area contributed by atoms with Gasteiger partial charge in [0.2, 0.25) is 11.8 Å². The molecule has 0 bridgehead atoms. The molecule has 2 heterocycles. The van der Waals surface area contributed by atoms with Gasteiger partial charge in [0, 0.05) is 22.6 Å². The van der Waals surface area contributed by atoms with Crippen molar-refractivity contribution in [3.8, 4) is 10.4 Å². The minimum Gasteiger partial charge on any atom is -0.465 e. The van der Waals surface area contributed by atoms with Crippen LogP contribution in [0.1, 0.15) is 9.67 Å². The Hall–Kier alpha value is -3.07. The number of amides is 2. The maximum Gasteiger partial charge on any atom is 0.350 e. The van der Waals surface area contributed by atoms with Crippen molar-refractivity contribution in [2.75, 3.05) is 12.4 Å². The van der Waals surface area contributed by atoms with Crippen molar-refractivity contribution in [1.82, 2.24) is 10.2 Å². The van der Waals surface area contributed by atoms with Gasteiger partial charge in [0.1, 0.15) is 4.88 Å². The lowest BCUT2D eigenvalue weighted by Gasteiger charge is -2.02. The van der Waals surface area contributed by atoms with Crippen LogP contribution < -0.4 is 11.1 Å². The summed E-state index contributed by atoms with van der Waals surface area (Å²) in [6, 6.07) is 3.34. The predicted octanol–water partition coefficient (Wildman–Crippen LogP) is 0.972. The number of anilines is 1. The monoisotopic (exact) mass is 332 g/mol. The molecule has 0 aromatic carbocycles. The number of rotatable bonds is 5. The highest BCUT2D eigenvalue weighted by atomic mass is 32.1. The van der Waals surface area contributed by atoms with Gasteiger partial charge in [-0.05, 0) is 12.1 Å². The number of thiophene rings is 1. The first-order valence-corrected chi connectivity index (χ1v) is 7.10. The van der Waals surface area contributed by atoms with Gasteiger partial charge in [-0.1, -0.05) is 0 Å². The average Bonchev–Trinajstić information content (AvgIpc) is 2.97. The van der Waals surface area contributed by atoms with E-state index in [0.29, 0.717) is 4.88 Å². The number of carbonyl (C=O) groups excluding carboxylic acids is 3. The summed E-state index contributed by atoms with van der Waals surface area (Å²) in [4.78, 5) is 35.2. The third-order valence-electron chi connectivity index (χ3n) is 2.63. The first-order valence-electron chi connectivity index (χ1n) is 6.29. The minimum absolute atomic E-state index is 0.222. The molecule has 2 rings (SSSR count). The predicted molar refractivity (Wildman–Crippen MR) is 83.6 cm³/mol. The van der Waals surface area contributed by atoms with Crippen molar-refractivity contribution < 1.29 is 19.1 Å². The van der Waals surface area contributed by atoms with Crippen LogP contribution in [0.5, 0.6) is 0 Å². The molecule has 0 aliphatic carbocycles. The fourth-order valence-corrected chi connectivity index (χ4v) is 2.66.